The summed E-state index contributed by atoms with van der Waals surface area (Å²) >= 11 is 0. The van der Waals surface area contributed by atoms with Crippen LogP contribution < -0.4 is 5.73 Å². The number of nitrogens with zero attached hydrogens (tertiary/aromatic N) is 4. The average molecular weight is 237 g/mol. The van der Waals surface area contributed by atoms with Crippen LogP contribution in [0.25, 0.3) is 11.2 Å². The van der Waals surface area contributed by atoms with Gasteiger partial charge in [0.1, 0.15) is 11.8 Å². The first kappa shape index (κ1) is 10.6. The van der Waals surface area contributed by atoms with E-state index in [2.05, 4.69) is 19.9 Å². The zero-order valence-corrected chi connectivity index (χ0v) is 9.61. The zero-order chi connectivity index (χ0) is 12.4. The van der Waals surface area contributed by atoms with Crippen LogP contribution in [0.5, 0.6) is 0 Å². The number of hydrogen-bond acceptors (Lipinski definition) is 5. The van der Waals surface area contributed by atoms with Gasteiger partial charge in [0, 0.05) is 24.5 Å². The quantitative estimate of drug-likeness (QED) is 0.685. The second-order valence-electron chi connectivity index (χ2n) is 3.92. The molecule has 0 fully saturated rings. The van der Waals surface area contributed by atoms with Crippen LogP contribution >= 0.6 is 0 Å². The van der Waals surface area contributed by atoms with Crippen LogP contribution in [0.2, 0.25) is 0 Å². The fraction of sp³-hybridized carbons (Fsp3) is 0.0769. The molecule has 2 aromatic heterocycles. The van der Waals surface area contributed by atoms with Crippen LogP contribution in [0.1, 0.15) is 11.3 Å². The molecule has 0 radical (unpaired) electrons. The van der Waals surface area contributed by atoms with Crippen molar-refractivity contribution in [1.29, 1.82) is 0 Å². The van der Waals surface area contributed by atoms with E-state index in [1.807, 2.05) is 24.3 Å². The molecule has 0 aliphatic carbocycles. The molecule has 3 rings (SSSR count). The first-order valence-electron chi connectivity index (χ1n) is 5.58. The molecule has 0 aliphatic rings. The van der Waals surface area contributed by atoms with E-state index in [1.54, 1.807) is 12.4 Å². The van der Waals surface area contributed by atoms with E-state index in [4.69, 9.17) is 5.73 Å². The molecule has 5 heteroatoms. The van der Waals surface area contributed by atoms with E-state index in [0.717, 1.165) is 22.5 Å². The summed E-state index contributed by atoms with van der Waals surface area (Å²) in [5, 5.41) is 0. The van der Waals surface area contributed by atoms with Crippen LogP contribution in [0.4, 0.5) is 5.69 Å². The maximum atomic E-state index is 5.93. The van der Waals surface area contributed by atoms with Crippen molar-refractivity contribution in [2.45, 2.75) is 6.42 Å². The van der Waals surface area contributed by atoms with Crippen molar-refractivity contribution in [1.82, 2.24) is 19.9 Å². The Morgan fingerprint density at radius 2 is 1.78 bits per heavy atom. The van der Waals surface area contributed by atoms with Gasteiger partial charge in [0.15, 0.2) is 5.65 Å². The Morgan fingerprint density at radius 3 is 2.67 bits per heavy atom. The number of para-hydroxylation sites is 1. The lowest BCUT2D eigenvalue weighted by molar-refractivity contribution is 1.03. The number of hydrogen-bond donors (Lipinski definition) is 1. The third-order valence-corrected chi connectivity index (χ3v) is 2.76. The van der Waals surface area contributed by atoms with Crippen molar-refractivity contribution >= 4 is 16.9 Å². The molecule has 2 heterocycles. The van der Waals surface area contributed by atoms with E-state index in [0.29, 0.717) is 12.1 Å². The Balaban J connectivity index is 2.08. The summed E-state index contributed by atoms with van der Waals surface area (Å²) in [4.78, 5) is 16.8. The molecule has 1 aromatic carbocycles. The van der Waals surface area contributed by atoms with E-state index in [9.17, 15) is 0 Å². The van der Waals surface area contributed by atoms with Crippen LogP contribution in [0, 0.1) is 0 Å². The third-order valence-electron chi connectivity index (χ3n) is 2.76. The van der Waals surface area contributed by atoms with E-state index in [1.165, 1.54) is 6.33 Å². The molecule has 0 spiro atoms. The fourth-order valence-corrected chi connectivity index (χ4v) is 1.85. The highest BCUT2D eigenvalue weighted by molar-refractivity contribution is 5.72. The SMILES string of the molecule is Nc1ccccc1Cc1ncnc2nccnc12. The topological polar surface area (TPSA) is 77.6 Å². The van der Waals surface area contributed by atoms with Gasteiger partial charge >= 0.3 is 0 Å². The Labute approximate surface area is 104 Å². The molecule has 0 atom stereocenters. The van der Waals surface area contributed by atoms with Crippen LogP contribution in [0.3, 0.4) is 0 Å². The average Bonchev–Trinajstić information content (AvgIpc) is 2.42. The van der Waals surface area contributed by atoms with Crippen molar-refractivity contribution in [3.8, 4) is 0 Å². The van der Waals surface area contributed by atoms with Gasteiger partial charge in [-0.2, -0.15) is 0 Å². The summed E-state index contributed by atoms with van der Waals surface area (Å²) in [7, 11) is 0. The fourth-order valence-electron chi connectivity index (χ4n) is 1.85. The van der Waals surface area contributed by atoms with Crippen molar-refractivity contribution in [2.75, 3.05) is 5.73 Å². The van der Waals surface area contributed by atoms with Gasteiger partial charge in [-0.15, -0.1) is 0 Å². The van der Waals surface area contributed by atoms with Gasteiger partial charge in [-0.25, -0.2) is 19.9 Å². The van der Waals surface area contributed by atoms with Gasteiger partial charge in [0.25, 0.3) is 0 Å². The first-order chi connectivity index (χ1) is 8.84. The number of aromatic nitrogens is 4. The van der Waals surface area contributed by atoms with Gasteiger partial charge in [-0.1, -0.05) is 18.2 Å². The molecule has 3 aromatic rings. The minimum atomic E-state index is 0.608. The number of anilines is 1. The smallest absolute Gasteiger partial charge is 0.181 e. The highest BCUT2D eigenvalue weighted by atomic mass is 14.9. The van der Waals surface area contributed by atoms with Crippen molar-refractivity contribution < 1.29 is 0 Å². The van der Waals surface area contributed by atoms with Crippen LogP contribution in [-0.4, -0.2) is 19.9 Å². The van der Waals surface area contributed by atoms with Crippen LogP contribution in [-0.2, 0) is 6.42 Å². The Hall–Kier alpha value is -2.56. The maximum absolute atomic E-state index is 5.93. The lowest BCUT2D eigenvalue weighted by Gasteiger charge is -2.06. The molecule has 0 saturated carbocycles. The van der Waals surface area contributed by atoms with Crippen molar-refractivity contribution in [2.24, 2.45) is 0 Å². The lowest BCUT2D eigenvalue weighted by Crippen LogP contribution is -2.00. The highest BCUT2D eigenvalue weighted by Crippen LogP contribution is 2.17. The zero-order valence-electron chi connectivity index (χ0n) is 9.61. The Morgan fingerprint density at radius 1 is 0.944 bits per heavy atom. The first-order valence-corrected chi connectivity index (χ1v) is 5.58. The maximum Gasteiger partial charge on any atom is 0.181 e. The minimum Gasteiger partial charge on any atom is -0.398 e. The molecule has 18 heavy (non-hydrogen) atoms. The molecular formula is C13H11N5. The molecule has 88 valence electrons. The largest absolute Gasteiger partial charge is 0.398 e. The standard InChI is InChI=1S/C13H11N5/c14-10-4-2-1-3-9(10)7-11-12-13(18-8-17-11)16-6-5-15-12/h1-6,8H,7,14H2. The summed E-state index contributed by atoms with van der Waals surface area (Å²) in [5.41, 5.74) is 9.89. The predicted molar refractivity (Wildman–Crippen MR) is 68.8 cm³/mol. The van der Waals surface area contributed by atoms with Gasteiger partial charge < -0.3 is 5.73 Å². The number of fused-ring (bicyclic) bond motifs is 1. The minimum absolute atomic E-state index is 0.608. The number of nitrogen functional groups attached to an aromatic ring is 1. The summed E-state index contributed by atoms with van der Waals surface area (Å²) in [6, 6.07) is 7.74. The van der Waals surface area contributed by atoms with Crippen molar-refractivity contribution in [3.05, 3.63) is 54.2 Å². The van der Waals surface area contributed by atoms with E-state index < -0.39 is 0 Å². The van der Waals surface area contributed by atoms with Crippen molar-refractivity contribution in [3.63, 3.8) is 0 Å². The van der Waals surface area contributed by atoms with Crippen LogP contribution in [0.15, 0.2) is 43.0 Å². The second kappa shape index (κ2) is 4.37. The molecule has 0 amide bonds. The number of benzene rings is 1. The van der Waals surface area contributed by atoms with Gasteiger partial charge in [0.2, 0.25) is 0 Å². The summed E-state index contributed by atoms with van der Waals surface area (Å²) in [6.07, 6.45) is 5.40. The second-order valence-corrected chi connectivity index (χ2v) is 3.92. The van der Waals surface area contributed by atoms with E-state index >= 15 is 0 Å². The summed E-state index contributed by atoms with van der Waals surface area (Å²) < 4.78 is 0. The Bertz CT molecular complexity index is 690. The summed E-state index contributed by atoms with van der Waals surface area (Å²) in [6.45, 7) is 0. The van der Waals surface area contributed by atoms with E-state index in [-0.39, 0.29) is 0 Å². The summed E-state index contributed by atoms with van der Waals surface area (Å²) in [5.74, 6) is 0. The molecule has 2 N–H and O–H groups in total. The predicted octanol–water partition coefficient (Wildman–Crippen LogP) is 1.59. The lowest BCUT2D eigenvalue weighted by atomic mass is 10.1. The monoisotopic (exact) mass is 237 g/mol. The Kier molecular flexibility index (Phi) is 2.57. The molecule has 0 bridgehead atoms. The molecular weight excluding hydrogens is 226 g/mol. The normalized spacial score (nSPS) is 10.7. The molecule has 5 nitrogen and oxygen atoms in total. The number of rotatable bonds is 2. The van der Waals surface area contributed by atoms with Gasteiger partial charge in [-0.05, 0) is 11.6 Å². The van der Waals surface area contributed by atoms with Gasteiger partial charge in [-0.3, -0.25) is 0 Å². The third kappa shape index (κ3) is 1.86. The molecule has 0 unspecified atom stereocenters. The highest BCUT2D eigenvalue weighted by Gasteiger charge is 2.07. The van der Waals surface area contributed by atoms with Gasteiger partial charge in [0.05, 0.1) is 5.69 Å². The number of nitrogens with two attached hydrogens (primary N) is 1. The molecule has 0 saturated heterocycles. The molecule has 0 aliphatic heterocycles.